The molecule has 0 heterocycles. The Kier molecular flexibility index (Phi) is 5.51. The normalized spacial score (nSPS) is 10.7. The van der Waals surface area contributed by atoms with E-state index in [1.165, 1.54) is 0 Å². The van der Waals surface area contributed by atoms with Crippen molar-refractivity contribution >= 4 is 17.3 Å². The van der Waals surface area contributed by atoms with E-state index in [4.69, 9.17) is 11.6 Å². The molecule has 0 aliphatic carbocycles. The number of hydrogen-bond acceptors (Lipinski definition) is 2. The van der Waals surface area contributed by atoms with Gasteiger partial charge in [0, 0.05) is 23.8 Å². The highest BCUT2D eigenvalue weighted by atomic mass is 35.5. The molecule has 0 aromatic heterocycles. The monoisotopic (exact) mass is 226 g/mol. The van der Waals surface area contributed by atoms with Gasteiger partial charge in [0.05, 0.1) is 0 Å². The number of likely N-dealkylation sites (N-methyl/N-ethyl adjacent to an activating group) is 1. The summed E-state index contributed by atoms with van der Waals surface area (Å²) in [6.45, 7) is 8.65. The lowest BCUT2D eigenvalue weighted by Gasteiger charge is -2.18. The van der Waals surface area contributed by atoms with Crippen LogP contribution in [-0.4, -0.2) is 31.1 Å². The van der Waals surface area contributed by atoms with E-state index >= 15 is 0 Å². The van der Waals surface area contributed by atoms with Gasteiger partial charge in [-0.3, -0.25) is 0 Å². The van der Waals surface area contributed by atoms with Gasteiger partial charge >= 0.3 is 0 Å². The second-order valence-corrected chi connectivity index (χ2v) is 3.90. The fourth-order valence-electron chi connectivity index (χ4n) is 1.47. The number of nitrogens with one attached hydrogen (secondary N) is 1. The molecule has 1 N–H and O–H groups in total. The topological polar surface area (TPSA) is 15.3 Å². The van der Waals surface area contributed by atoms with Gasteiger partial charge in [-0.2, -0.15) is 0 Å². The average Bonchev–Trinajstić information content (AvgIpc) is 2.27. The quantitative estimate of drug-likeness (QED) is 0.802. The Labute approximate surface area is 97.2 Å². The van der Waals surface area contributed by atoms with Crippen LogP contribution in [-0.2, 0) is 0 Å². The van der Waals surface area contributed by atoms with Crippen LogP contribution < -0.4 is 5.32 Å². The standard InChI is InChI=1S/C12H19ClN2/c1-3-15(4-2)10-9-14-12-7-5-11(13)6-8-12/h5-8,14H,3-4,9-10H2,1-2H3. The summed E-state index contributed by atoms with van der Waals surface area (Å²) in [6.07, 6.45) is 0. The second-order valence-electron chi connectivity index (χ2n) is 3.46. The minimum absolute atomic E-state index is 0.782. The van der Waals surface area contributed by atoms with Crippen LogP contribution in [0.5, 0.6) is 0 Å². The van der Waals surface area contributed by atoms with Crippen molar-refractivity contribution in [2.45, 2.75) is 13.8 Å². The van der Waals surface area contributed by atoms with Gasteiger partial charge in [-0.15, -0.1) is 0 Å². The van der Waals surface area contributed by atoms with Crippen LogP contribution in [0.1, 0.15) is 13.8 Å². The van der Waals surface area contributed by atoms with E-state index in [0.717, 1.165) is 36.9 Å². The largest absolute Gasteiger partial charge is 0.384 e. The number of nitrogens with zero attached hydrogens (tertiary/aromatic N) is 1. The summed E-state index contributed by atoms with van der Waals surface area (Å²) in [4.78, 5) is 2.39. The van der Waals surface area contributed by atoms with Crippen molar-refractivity contribution in [1.29, 1.82) is 0 Å². The molecule has 0 atom stereocenters. The molecular weight excluding hydrogens is 208 g/mol. The lowest BCUT2D eigenvalue weighted by Crippen LogP contribution is -2.28. The van der Waals surface area contributed by atoms with Crippen LogP contribution in [0.25, 0.3) is 0 Å². The van der Waals surface area contributed by atoms with Crippen molar-refractivity contribution in [1.82, 2.24) is 4.90 Å². The van der Waals surface area contributed by atoms with Gasteiger partial charge in [0.1, 0.15) is 0 Å². The summed E-state index contributed by atoms with van der Waals surface area (Å²) in [5.41, 5.74) is 1.13. The fraction of sp³-hybridized carbons (Fsp3) is 0.500. The molecule has 0 unspecified atom stereocenters. The highest BCUT2D eigenvalue weighted by Crippen LogP contribution is 2.12. The summed E-state index contributed by atoms with van der Waals surface area (Å²) in [7, 11) is 0. The molecule has 1 aromatic rings. The van der Waals surface area contributed by atoms with Gasteiger partial charge in [0.25, 0.3) is 0 Å². The number of anilines is 1. The molecule has 0 aliphatic heterocycles. The minimum Gasteiger partial charge on any atom is -0.384 e. The summed E-state index contributed by atoms with van der Waals surface area (Å²) >= 11 is 5.81. The second kappa shape index (κ2) is 6.70. The van der Waals surface area contributed by atoms with Crippen LogP contribution >= 0.6 is 11.6 Å². The third-order valence-electron chi connectivity index (χ3n) is 2.50. The SMILES string of the molecule is CCN(CC)CCNc1ccc(Cl)cc1. The van der Waals surface area contributed by atoms with E-state index in [9.17, 15) is 0 Å². The molecule has 0 saturated heterocycles. The predicted octanol–water partition coefficient (Wildman–Crippen LogP) is 3.09. The summed E-state index contributed by atoms with van der Waals surface area (Å²) < 4.78 is 0. The molecule has 0 amide bonds. The van der Waals surface area contributed by atoms with E-state index < -0.39 is 0 Å². The van der Waals surface area contributed by atoms with Gasteiger partial charge in [-0.1, -0.05) is 25.4 Å². The van der Waals surface area contributed by atoms with E-state index in [2.05, 4.69) is 24.1 Å². The van der Waals surface area contributed by atoms with Gasteiger partial charge in [0.15, 0.2) is 0 Å². The Bertz CT molecular complexity index is 267. The maximum absolute atomic E-state index is 5.81. The Balaban J connectivity index is 2.28. The maximum Gasteiger partial charge on any atom is 0.0407 e. The molecule has 1 rings (SSSR count). The van der Waals surface area contributed by atoms with Crippen molar-refractivity contribution in [2.75, 3.05) is 31.5 Å². The van der Waals surface area contributed by atoms with Gasteiger partial charge < -0.3 is 10.2 Å². The average molecular weight is 227 g/mol. The first-order chi connectivity index (χ1) is 7.26. The molecule has 1 aromatic carbocycles. The number of halogens is 1. The number of benzene rings is 1. The Morgan fingerprint density at radius 1 is 1.13 bits per heavy atom. The lowest BCUT2D eigenvalue weighted by molar-refractivity contribution is 0.316. The Hall–Kier alpha value is -0.730. The van der Waals surface area contributed by atoms with Crippen molar-refractivity contribution in [3.05, 3.63) is 29.3 Å². The Morgan fingerprint density at radius 3 is 2.27 bits per heavy atom. The predicted molar refractivity (Wildman–Crippen MR) is 67.7 cm³/mol. The van der Waals surface area contributed by atoms with Crippen LogP contribution in [0, 0.1) is 0 Å². The minimum atomic E-state index is 0.782. The fourth-order valence-corrected chi connectivity index (χ4v) is 1.59. The highest BCUT2D eigenvalue weighted by Gasteiger charge is 1.97. The third kappa shape index (κ3) is 4.54. The van der Waals surface area contributed by atoms with Crippen molar-refractivity contribution in [3.63, 3.8) is 0 Å². The third-order valence-corrected chi connectivity index (χ3v) is 2.75. The molecular formula is C12H19ClN2. The van der Waals surface area contributed by atoms with Crippen molar-refractivity contribution in [2.24, 2.45) is 0 Å². The molecule has 0 aliphatic rings. The smallest absolute Gasteiger partial charge is 0.0407 e. The van der Waals surface area contributed by atoms with Gasteiger partial charge in [-0.05, 0) is 37.4 Å². The first-order valence-corrected chi connectivity index (χ1v) is 5.85. The van der Waals surface area contributed by atoms with Crippen LogP contribution in [0.2, 0.25) is 5.02 Å². The van der Waals surface area contributed by atoms with E-state index in [-0.39, 0.29) is 0 Å². The van der Waals surface area contributed by atoms with Crippen molar-refractivity contribution in [3.8, 4) is 0 Å². The molecule has 0 radical (unpaired) electrons. The lowest BCUT2D eigenvalue weighted by atomic mass is 10.3. The van der Waals surface area contributed by atoms with E-state index in [1.807, 2.05) is 24.3 Å². The first kappa shape index (κ1) is 12.3. The zero-order valence-corrected chi connectivity index (χ0v) is 10.2. The Morgan fingerprint density at radius 2 is 1.73 bits per heavy atom. The summed E-state index contributed by atoms with van der Waals surface area (Å²) in [6, 6.07) is 7.82. The molecule has 15 heavy (non-hydrogen) atoms. The van der Waals surface area contributed by atoms with Crippen LogP contribution in [0.4, 0.5) is 5.69 Å². The van der Waals surface area contributed by atoms with Crippen molar-refractivity contribution < 1.29 is 0 Å². The zero-order chi connectivity index (χ0) is 11.1. The van der Waals surface area contributed by atoms with Crippen LogP contribution in [0.15, 0.2) is 24.3 Å². The molecule has 0 saturated carbocycles. The summed E-state index contributed by atoms with van der Waals surface area (Å²) in [5.74, 6) is 0. The number of hydrogen-bond donors (Lipinski definition) is 1. The molecule has 0 fully saturated rings. The zero-order valence-electron chi connectivity index (χ0n) is 9.46. The molecule has 0 bridgehead atoms. The molecule has 84 valence electrons. The van der Waals surface area contributed by atoms with Gasteiger partial charge in [-0.25, -0.2) is 0 Å². The summed E-state index contributed by atoms with van der Waals surface area (Å²) in [5, 5.41) is 4.15. The highest BCUT2D eigenvalue weighted by molar-refractivity contribution is 6.30. The van der Waals surface area contributed by atoms with E-state index in [0.29, 0.717) is 0 Å². The molecule has 2 nitrogen and oxygen atoms in total. The van der Waals surface area contributed by atoms with E-state index in [1.54, 1.807) is 0 Å². The first-order valence-electron chi connectivity index (χ1n) is 5.48. The maximum atomic E-state index is 5.81. The van der Waals surface area contributed by atoms with Crippen LogP contribution in [0.3, 0.4) is 0 Å². The van der Waals surface area contributed by atoms with Gasteiger partial charge in [0.2, 0.25) is 0 Å². The molecule has 0 spiro atoms. The molecule has 3 heteroatoms. The number of rotatable bonds is 6.